The van der Waals surface area contributed by atoms with Crippen LogP contribution < -0.4 is 5.32 Å². The van der Waals surface area contributed by atoms with Gasteiger partial charge in [-0.1, -0.05) is 13.3 Å². The number of aromatic nitrogens is 2. The van der Waals surface area contributed by atoms with Gasteiger partial charge in [-0.3, -0.25) is 0 Å². The summed E-state index contributed by atoms with van der Waals surface area (Å²) in [6.45, 7) is 2.18. The van der Waals surface area contributed by atoms with E-state index in [9.17, 15) is 0 Å². The number of nitrogens with zero attached hydrogens (tertiary/aromatic N) is 2. The Morgan fingerprint density at radius 2 is 2.24 bits per heavy atom. The first-order valence-electron chi connectivity index (χ1n) is 6.30. The highest BCUT2D eigenvalue weighted by atomic mass is 32.1. The molecule has 2 aromatic rings. The van der Waals surface area contributed by atoms with Gasteiger partial charge in [0.15, 0.2) is 0 Å². The van der Waals surface area contributed by atoms with Gasteiger partial charge in [0.2, 0.25) is 0 Å². The molecule has 0 spiro atoms. The molecule has 1 saturated carbocycles. The summed E-state index contributed by atoms with van der Waals surface area (Å²) in [4.78, 5) is 11.9. The third-order valence-corrected chi connectivity index (χ3v) is 4.69. The van der Waals surface area contributed by atoms with Crippen molar-refractivity contribution in [3.63, 3.8) is 0 Å². The molecule has 0 atom stereocenters. The number of fused-ring (bicyclic) bond motifs is 1. The van der Waals surface area contributed by atoms with Crippen LogP contribution in [0.1, 0.15) is 42.8 Å². The number of aryl methyl sites for hydroxylation is 1. The Bertz CT molecular complexity index is 543. The van der Waals surface area contributed by atoms with Gasteiger partial charge in [0.05, 0.1) is 5.39 Å². The Balaban J connectivity index is 2.13. The molecule has 3 nitrogen and oxygen atoms in total. The highest BCUT2D eigenvalue weighted by Gasteiger charge is 2.23. The van der Waals surface area contributed by atoms with Gasteiger partial charge in [-0.2, -0.15) is 0 Å². The van der Waals surface area contributed by atoms with Crippen molar-refractivity contribution in [2.24, 2.45) is 0 Å². The summed E-state index contributed by atoms with van der Waals surface area (Å²) in [5.74, 6) is 2.63. The average Bonchev–Trinajstić information content (AvgIpc) is 2.68. The predicted molar refractivity (Wildman–Crippen MR) is 72.9 cm³/mol. The summed E-state index contributed by atoms with van der Waals surface area (Å²) < 4.78 is 0. The first-order chi connectivity index (χ1) is 8.31. The lowest BCUT2D eigenvalue weighted by molar-refractivity contribution is 0.403. The Labute approximate surface area is 105 Å². The highest BCUT2D eigenvalue weighted by Crippen LogP contribution is 2.37. The molecule has 0 aliphatic heterocycles. The van der Waals surface area contributed by atoms with Gasteiger partial charge in [-0.15, -0.1) is 11.3 Å². The van der Waals surface area contributed by atoms with E-state index in [0.29, 0.717) is 5.92 Å². The maximum Gasteiger partial charge on any atom is 0.138 e. The Kier molecular flexibility index (Phi) is 2.74. The molecule has 17 heavy (non-hydrogen) atoms. The van der Waals surface area contributed by atoms with E-state index in [0.717, 1.165) is 22.9 Å². The molecule has 3 rings (SSSR count). The average molecular weight is 247 g/mol. The van der Waals surface area contributed by atoms with Crippen molar-refractivity contribution in [2.75, 3.05) is 12.4 Å². The first kappa shape index (κ1) is 11.0. The molecule has 1 aliphatic carbocycles. The second-order valence-corrected chi connectivity index (χ2v) is 5.71. The van der Waals surface area contributed by atoms with Gasteiger partial charge >= 0.3 is 0 Å². The van der Waals surface area contributed by atoms with Gasteiger partial charge < -0.3 is 5.32 Å². The van der Waals surface area contributed by atoms with E-state index >= 15 is 0 Å². The minimum absolute atomic E-state index is 0.596. The molecule has 4 heteroatoms. The predicted octanol–water partition coefficient (Wildman–Crippen LogP) is 3.56. The molecular formula is C13H17N3S. The van der Waals surface area contributed by atoms with Crippen LogP contribution in [-0.4, -0.2) is 17.0 Å². The van der Waals surface area contributed by atoms with Crippen LogP contribution in [0.3, 0.4) is 0 Å². The van der Waals surface area contributed by atoms with Gasteiger partial charge in [0, 0.05) is 17.8 Å². The molecule has 90 valence electrons. The van der Waals surface area contributed by atoms with Crippen molar-refractivity contribution in [2.45, 2.75) is 38.5 Å². The van der Waals surface area contributed by atoms with Crippen LogP contribution in [0.5, 0.6) is 0 Å². The van der Waals surface area contributed by atoms with E-state index in [-0.39, 0.29) is 0 Å². The van der Waals surface area contributed by atoms with E-state index in [4.69, 9.17) is 4.98 Å². The second kappa shape index (κ2) is 4.26. The molecule has 0 saturated heterocycles. The third-order valence-electron chi connectivity index (χ3n) is 3.52. The van der Waals surface area contributed by atoms with Crippen molar-refractivity contribution in [3.05, 3.63) is 16.8 Å². The van der Waals surface area contributed by atoms with Gasteiger partial charge in [0.25, 0.3) is 0 Å². The Morgan fingerprint density at radius 1 is 1.41 bits per heavy atom. The molecule has 1 aliphatic rings. The highest BCUT2D eigenvalue weighted by molar-refractivity contribution is 7.18. The van der Waals surface area contributed by atoms with E-state index in [1.807, 2.05) is 7.05 Å². The van der Waals surface area contributed by atoms with Crippen LogP contribution in [-0.2, 0) is 6.42 Å². The smallest absolute Gasteiger partial charge is 0.138 e. The summed E-state index contributed by atoms with van der Waals surface area (Å²) in [7, 11) is 1.94. The minimum Gasteiger partial charge on any atom is -0.372 e. The number of anilines is 1. The van der Waals surface area contributed by atoms with E-state index in [1.165, 1.54) is 29.5 Å². The van der Waals surface area contributed by atoms with Crippen molar-refractivity contribution in [3.8, 4) is 0 Å². The standard InChI is InChI=1S/C13H17N3S/c1-3-9-7-10-12(14-2)15-11(8-5-4-6-8)16-13(10)17-9/h7-8H,3-6H2,1-2H3,(H,14,15,16). The van der Waals surface area contributed by atoms with Crippen LogP contribution in [0.2, 0.25) is 0 Å². The van der Waals surface area contributed by atoms with Crippen LogP contribution >= 0.6 is 11.3 Å². The monoisotopic (exact) mass is 247 g/mol. The molecule has 0 bridgehead atoms. The SMILES string of the molecule is CCc1cc2c(NC)nc(C3CCC3)nc2s1. The number of rotatable bonds is 3. The number of nitrogens with one attached hydrogen (secondary N) is 1. The zero-order chi connectivity index (χ0) is 11.8. The van der Waals surface area contributed by atoms with Crippen molar-refractivity contribution < 1.29 is 0 Å². The largest absolute Gasteiger partial charge is 0.372 e. The Morgan fingerprint density at radius 3 is 2.82 bits per heavy atom. The molecule has 0 amide bonds. The summed E-state index contributed by atoms with van der Waals surface area (Å²) >= 11 is 1.80. The van der Waals surface area contributed by atoms with Crippen molar-refractivity contribution in [1.29, 1.82) is 0 Å². The molecule has 0 radical (unpaired) electrons. The lowest BCUT2D eigenvalue weighted by Gasteiger charge is -2.24. The third kappa shape index (κ3) is 1.80. The zero-order valence-corrected chi connectivity index (χ0v) is 11.1. The van der Waals surface area contributed by atoms with Crippen LogP contribution in [0.25, 0.3) is 10.2 Å². The van der Waals surface area contributed by atoms with Crippen LogP contribution in [0, 0.1) is 0 Å². The molecule has 0 aromatic carbocycles. The fraction of sp³-hybridized carbons (Fsp3) is 0.538. The molecular weight excluding hydrogens is 230 g/mol. The van der Waals surface area contributed by atoms with Gasteiger partial charge in [0.1, 0.15) is 16.5 Å². The van der Waals surface area contributed by atoms with Gasteiger partial charge in [-0.05, 0) is 25.3 Å². The fourth-order valence-electron chi connectivity index (χ4n) is 2.20. The zero-order valence-electron chi connectivity index (χ0n) is 10.3. The Hall–Kier alpha value is -1.16. The number of hydrogen-bond donors (Lipinski definition) is 1. The summed E-state index contributed by atoms with van der Waals surface area (Å²) in [6, 6.07) is 2.22. The fourth-order valence-corrected chi connectivity index (χ4v) is 3.18. The molecule has 1 N–H and O–H groups in total. The molecule has 2 aromatic heterocycles. The van der Waals surface area contributed by atoms with Gasteiger partial charge in [-0.25, -0.2) is 9.97 Å². The van der Waals surface area contributed by atoms with Crippen molar-refractivity contribution in [1.82, 2.24) is 9.97 Å². The summed E-state index contributed by atoms with van der Waals surface area (Å²) in [5, 5.41) is 4.38. The lowest BCUT2D eigenvalue weighted by atomic mass is 9.85. The van der Waals surface area contributed by atoms with Crippen LogP contribution in [0.4, 0.5) is 5.82 Å². The maximum absolute atomic E-state index is 4.74. The summed E-state index contributed by atoms with van der Waals surface area (Å²) in [5.41, 5.74) is 0. The number of thiophene rings is 1. The number of hydrogen-bond acceptors (Lipinski definition) is 4. The minimum atomic E-state index is 0.596. The topological polar surface area (TPSA) is 37.8 Å². The lowest BCUT2D eigenvalue weighted by Crippen LogP contribution is -2.13. The van der Waals surface area contributed by atoms with E-state index in [2.05, 4.69) is 23.3 Å². The maximum atomic E-state index is 4.74. The molecule has 1 fully saturated rings. The van der Waals surface area contributed by atoms with E-state index < -0.39 is 0 Å². The first-order valence-corrected chi connectivity index (χ1v) is 7.11. The van der Waals surface area contributed by atoms with Crippen LogP contribution in [0.15, 0.2) is 6.07 Å². The second-order valence-electron chi connectivity index (χ2n) is 4.59. The molecule has 2 heterocycles. The molecule has 0 unspecified atom stereocenters. The summed E-state index contributed by atoms with van der Waals surface area (Å²) in [6.07, 6.45) is 4.90. The quantitative estimate of drug-likeness (QED) is 0.901. The van der Waals surface area contributed by atoms with E-state index in [1.54, 1.807) is 11.3 Å². The van der Waals surface area contributed by atoms with Crippen molar-refractivity contribution >= 4 is 27.4 Å². The normalized spacial score (nSPS) is 16.1.